The largest absolute Gasteiger partial charge is 0.315 e. The smallest absolute Gasteiger partial charge is 0.235 e. The SMILES string of the molecule is Cn1cc([C@H]2CNC[C@@H]2C(=O)Nc2nnc3ccccn23)cn1. The van der Waals surface area contributed by atoms with E-state index in [2.05, 4.69) is 25.9 Å². The summed E-state index contributed by atoms with van der Waals surface area (Å²) < 4.78 is 3.52. The molecule has 4 rings (SSSR count). The topological polar surface area (TPSA) is 89.1 Å². The Balaban J connectivity index is 1.56. The van der Waals surface area contributed by atoms with Gasteiger partial charge in [-0.25, -0.2) is 0 Å². The molecule has 1 aliphatic rings. The number of hydrogen-bond donors (Lipinski definition) is 2. The molecule has 118 valence electrons. The fourth-order valence-electron chi connectivity index (χ4n) is 3.07. The molecule has 0 bridgehead atoms. The van der Waals surface area contributed by atoms with E-state index >= 15 is 0 Å². The molecule has 8 heteroatoms. The van der Waals surface area contributed by atoms with Crippen LogP contribution in [0.15, 0.2) is 36.8 Å². The molecule has 3 aromatic rings. The number of aryl methyl sites for hydroxylation is 1. The lowest BCUT2D eigenvalue weighted by Gasteiger charge is -2.16. The highest BCUT2D eigenvalue weighted by Crippen LogP contribution is 2.28. The molecular formula is C15H17N7O. The van der Waals surface area contributed by atoms with Gasteiger partial charge in [-0.05, 0) is 17.7 Å². The number of aromatic nitrogens is 5. The Labute approximate surface area is 132 Å². The fraction of sp³-hybridized carbons (Fsp3) is 0.333. The first kappa shape index (κ1) is 13.9. The van der Waals surface area contributed by atoms with Gasteiger partial charge in [0.2, 0.25) is 11.9 Å². The van der Waals surface area contributed by atoms with Crippen molar-refractivity contribution in [1.82, 2.24) is 29.7 Å². The van der Waals surface area contributed by atoms with Gasteiger partial charge in [0.05, 0.1) is 12.1 Å². The molecule has 0 aromatic carbocycles. The van der Waals surface area contributed by atoms with Crippen molar-refractivity contribution >= 4 is 17.5 Å². The fourth-order valence-corrected chi connectivity index (χ4v) is 3.07. The number of carbonyl (C=O) groups is 1. The summed E-state index contributed by atoms with van der Waals surface area (Å²) in [5.74, 6) is 0.350. The van der Waals surface area contributed by atoms with E-state index in [0.717, 1.165) is 12.1 Å². The van der Waals surface area contributed by atoms with Crippen molar-refractivity contribution in [1.29, 1.82) is 0 Å². The summed E-state index contributed by atoms with van der Waals surface area (Å²) in [6, 6.07) is 5.61. The van der Waals surface area contributed by atoms with Gasteiger partial charge in [0, 0.05) is 38.4 Å². The molecule has 3 aromatic heterocycles. The number of carbonyl (C=O) groups excluding carboxylic acids is 1. The predicted molar refractivity (Wildman–Crippen MR) is 83.9 cm³/mol. The van der Waals surface area contributed by atoms with Crippen LogP contribution in [0.2, 0.25) is 0 Å². The summed E-state index contributed by atoms with van der Waals surface area (Å²) >= 11 is 0. The van der Waals surface area contributed by atoms with Gasteiger partial charge in [-0.15, -0.1) is 10.2 Å². The second-order valence-electron chi connectivity index (χ2n) is 5.76. The van der Waals surface area contributed by atoms with Crippen molar-refractivity contribution in [3.8, 4) is 0 Å². The first-order chi connectivity index (χ1) is 11.2. The molecule has 2 N–H and O–H groups in total. The van der Waals surface area contributed by atoms with E-state index in [9.17, 15) is 4.79 Å². The molecule has 4 heterocycles. The van der Waals surface area contributed by atoms with Crippen LogP contribution in [0.1, 0.15) is 11.5 Å². The number of nitrogens with one attached hydrogen (secondary N) is 2. The van der Waals surface area contributed by atoms with Gasteiger partial charge in [-0.1, -0.05) is 6.07 Å². The third-order valence-corrected chi connectivity index (χ3v) is 4.25. The summed E-state index contributed by atoms with van der Waals surface area (Å²) in [6.45, 7) is 1.41. The second kappa shape index (κ2) is 5.47. The van der Waals surface area contributed by atoms with Crippen LogP contribution >= 0.6 is 0 Å². The minimum atomic E-state index is -0.157. The summed E-state index contributed by atoms with van der Waals surface area (Å²) in [5.41, 5.74) is 1.78. The maximum absolute atomic E-state index is 12.7. The molecule has 0 aliphatic carbocycles. The Hall–Kier alpha value is -2.74. The molecule has 23 heavy (non-hydrogen) atoms. The predicted octanol–water partition coefficient (Wildman–Crippen LogP) is 0.404. The van der Waals surface area contributed by atoms with Crippen molar-refractivity contribution in [2.45, 2.75) is 5.92 Å². The van der Waals surface area contributed by atoms with E-state index in [4.69, 9.17) is 0 Å². The van der Waals surface area contributed by atoms with Crippen LogP contribution in [0.5, 0.6) is 0 Å². The van der Waals surface area contributed by atoms with Crippen molar-refractivity contribution < 1.29 is 4.79 Å². The zero-order chi connectivity index (χ0) is 15.8. The summed E-state index contributed by atoms with van der Waals surface area (Å²) in [7, 11) is 1.88. The lowest BCUT2D eigenvalue weighted by Crippen LogP contribution is -2.28. The Morgan fingerprint density at radius 2 is 2.26 bits per heavy atom. The molecule has 1 aliphatic heterocycles. The highest BCUT2D eigenvalue weighted by Gasteiger charge is 2.35. The summed E-state index contributed by atoms with van der Waals surface area (Å²) in [5, 5.41) is 18.5. The normalized spacial score (nSPS) is 20.9. The lowest BCUT2D eigenvalue weighted by molar-refractivity contribution is -0.119. The van der Waals surface area contributed by atoms with Crippen LogP contribution in [0.4, 0.5) is 5.95 Å². The molecule has 0 spiro atoms. The first-order valence-electron chi connectivity index (χ1n) is 7.52. The molecule has 8 nitrogen and oxygen atoms in total. The molecule has 1 saturated heterocycles. The molecule has 1 amide bonds. The number of fused-ring (bicyclic) bond motifs is 1. The van der Waals surface area contributed by atoms with E-state index in [1.54, 1.807) is 9.08 Å². The maximum Gasteiger partial charge on any atom is 0.235 e. The van der Waals surface area contributed by atoms with E-state index in [-0.39, 0.29) is 17.7 Å². The average Bonchev–Trinajstić information content (AvgIpc) is 3.26. The lowest BCUT2D eigenvalue weighted by atomic mass is 9.90. The van der Waals surface area contributed by atoms with Gasteiger partial charge >= 0.3 is 0 Å². The maximum atomic E-state index is 12.7. The zero-order valence-corrected chi connectivity index (χ0v) is 12.7. The summed E-state index contributed by atoms with van der Waals surface area (Å²) in [4.78, 5) is 12.7. The quantitative estimate of drug-likeness (QED) is 0.731. The average molecular weight is 311 g/mol. The van der Waals surface area contributed by atoms with Gasteiger partial charge in [-0.3, -0.25) is 19.2 Å². The number of amides is 1. The van der Waals surface area contributed by atoms with Crippen LogP contribution < -0.4 is 10.6 Å². The Morgan fingerprint density at radius 1 is 1.35 bits per heavy atom. The Morgan fingerprint density at radius 3 is 3.09 bits per heavy atom. The molecular weight excluding hydrogens is 294 g/mol. The first-order valence-corrected chi connectivity index (χ1v) is 7.52. The van der Waals surface area contributed by atoms with Crippen LogP contribution in [0.25, 0.3) is 5.65 Å². The molecule has 1 fully saturated rings. The van der Waals surface area contributed by atoms with Gasteiger partial charge in [0.1, 0.15) is 0 Å². The molecule has 2 atom stereocenters. The minimum absolute atomic E-state index is 0.0537. The van der Waals surface area contributed by atoms with E-state index in [0.29, 0.717) is 18.1 Å². The number of nitrogens with zero attached hydrogens (tertiary/aromatic N) is 5. The highest BCUT2D eigenvalue weighted by atomic mass is 16.2. The van der Waals surface area contributed by atoms with Crippen molar-refractivity contribution in [2.24, 2.45) is 13.0 Å². The van der Waals surface area contributed by atoms with Crippen molar-refractivity contribution in [2.75, 3.05) is 18.4 Å². The van der Waals surface area contributed by atoms with Crippen molar-refractivity contribution in [3.05, 3.63) is 42.4 Å². The highest BCUT2D eigenvalue weighted by molar-refractivity contribution is 5.92. The van der Waals surface area contributed by atoms with E-state index < -0.39 is 0 Å². The third kappa shape index (κ3) is 2.46. The van der Waals surface area contributed by atoms with E-state index in [1.807, 2.05) is 43.8 Å². The number of hydrogen-bond acceptors (Lipinski definition) is 5. The molecule has 0 saturated carbocycles. The second-order valence-corrected chi connectivity index (χ2v) is 5.76. The minimum Gasteiger partial charge on any atom is -0.315 e. The van der Waals surface area contributed by atoms with Gasteiger partial charge in [-0.2, -0.15) is 5.10 Å². The third-order valence-electron chi connectivity index (χ3n) is 4.25. The summed E-state index contributed by atoms with van der Waals surface area (Å²) in [6.07, 6.45) is 5.62. The number of anilines is 1. The molecule has 0 unspecified atom stereocenters. The standard InChI is InChI=1S/C15H17N7O/c1-21-9-10(6-17-21)11-7-16-8-12(11)14(23)18-15-20-19-13-4-2-3-5-22(13)15/h2-6,9,11-12,16H,7-8H2,1H3,(H,18,20,23)/t11-,12+/m1/s1. The zero-order valence-electron chi connectivity index (χ0n) is 12.7. The van der Waals surface area contributed by atoms with Crippen LogP contribution in [0, 0.1) is 5.92 Å². The van der Waals surface area contributed by atoms with Crippen LogP contribution in [0.3, 0.4) is 0 Å². The Kier molecular flexibility index (Phi) is 3.30. The van der Waals surface area contributed by atoms with Gasteiger partial charge < -0.3 is 5.32 Å². The van der Waals surface area contributed by atoms with Gasteiger partial charge in [0.15, 0.2) is 5.65 Å². The van der Waals surface area contributed by atoms with Crippen molar-refractivity contribution in [3.63, 3.8) is 0 Å². The monoisotopic (exact) mass is 311 g/mol. The number of rotatable bonds is 3. The molecule has 0 radical (unpaired) electrons. The van der Waals surface area contributed by atoms with Crippen LogP contribution in [-0.4, -0.2) is 43.4 Å². The number of pyridine rings is 1. The Bertz CT molecular complexity index is 852. The van der Waals surface area contributed by atoms with Gasteiger partial charge in [0.25, 0.3) is 0 Å². The van der Waals surface area contributed by atoms with Crippen LogP contribution in [-0.2, 0) is 11.8 Å². The van der Waals surface area contributed by atoms with E-state index in [1.165, 1.54) is 0 Å².